The molecule has 10 nitrogen and oxygen atoms in total. The van der Waals surface area contributed by atoms with Gasteiger partial charge in [0, 0.05) is 17.8 Å². The molecule has 0 saturated heterocycles. The van der Waals surface area contributed by atoms with Crippen molar-refractivity contribution in [2.24, 2.45) is 7.05 Å². The fourth-order valence-electron chi connectivity index (χ4n) is 3.31. The predicted octanol–water partition coefficient (Wildman–Crippen LogP) is 3.95. The van der Waals surface area contributed by atoms with Gasteiger partial charge in [-0.05, 0) is 53.6 Å². The van der Waals surface area contributed by atoms with E-state index < -0.39 is 0 Å². The molecule has 0 aliphatic rings. The van der Waals surface area contributed by atoms with E-state index in [-0.39, 0.29) is 16.9 Å². The number of fused-ring (bicyclic) bond motifs is 1. The summed E-state index contributed by atoms with van der Waals surface area (Å²) in [4.78, 5) is 22.2. The molecule has 0 bridgehead atoms. The molecule has 11 heteroatoms. The molecule has 0 spiro atoms. The van der Waals surface area contributed by atoms with Crippen molar-refractivity contribution in [3.8, 4) is 5.69 Å². The van der Waals surface area contributed by atoms with Crippen LogP contribution in [0.1, 0.15) is 5.69 Å². The van der Waals surface area contributed by atoms with Gasteiger partial charge in [0.1, 0.15) is 5.69 Å². The first-order chi connectivity index (χ1) is 15.5. The zero-order valence-corrected chi connectivity index (χ0v) is 17.8. The van der Waals surface area contributed by atoms with Crippen LogP contribution in [0.15, 0.2) is 64.0 Å². The van der Waals surface area contributed by atoms with Gasteiger partial charge in [-0.15, -0.1) is 0 Å². The molecule has 32 heavy (non-hydrogen) atoms. The van der Waals surface area contributed by atoms with Crippen LogP contribution in [0.4, 0.5) is 23.0 Å². The summed E-state index contributed by atoms with van der Waals surface area (Å²) in [6.45, 7) is 1.85. The van der Waals surface area contributed by atoms with Gasteiger partial charge in [0.25, 0.3) is 5.56 Å². The van der Waals surface area contributed by atoms with Crippen molar-refractivity contribution >= 4 is 45.9 Å². The number of nitrogens with zero attached hydrogens (tertiary/aromatic N) is 6. The number of para-hydroxylation sites is 1. The van der Waals surface area contributed by atoms with E-state index in [1.165, 1.54) is 0 Å². The van der Waals surface area contributed by atoms with Crippen molar-refractivity contribution in [1.29, 1.82) is 0 Å². The molecule has 160 valence electrons. The van der Waals surface area contributed by atoms with Gasteiger partial charge in [-0.3, -0.25) is 9.48 Å². The van der Waals surface area contributed by atoms with Crippen LogP contribution in [0, 0.1) is 6.92 Å². The largest absolute Gasteiger partial charge is 0.337 e. The van der Waals surface area contributed by atoms with Crippen molar-refractivity contribution in [3.63, 3.8) is 0 Å². The standard InChI is InChI=1S/C21H17ClN8O2/c1-12-16(21(31)30(29(12)2)15-6-4-3-5-7-15)24-18-17(23-14-10-8-13(22)9-11-14)25-19-20(26-18)28-32-27-19/h3-11H,1-2H3,(H,23,25,27)(H,24,26,28). The molecule has 0 fully saturated rings. The first-order valence-electron chi connectivity index (χ1n) is 9.65. The van der Waals surface area contributed by atoms with E-state index in [4.69, 9.17) is 16.2 Å². The Morgan fingerprint density at radius 2 is 1.53 bits per heavy atom. The lowest BCUT2D eigenvalue weighted by atomic mass is 10.3. The SMILES string of the molecule is Cc1c(Nc2nc3nonc3nc2Nc2ccc(Cl)cc2)c(=O)n(-c2ccccc2)n1C. The van der Waals surface area contributed by atoms with Gasteiger partial charge in [-0.2, -0.15) is 0 Å². The van der Waals surface area contributed by atoms with Crippen molar-refractivity contribution in [3.05, 3.63) is 75.7 Å². The summed E-state index contributed by atoms with van der Waals surface area (Å²) in [6, 6.07) is 16.5. The van der Waals surface area contributed by atoms with Gasteiger partial charge in [-0.25, -0.2) is 19.3 Å². The molecular weight excluding hydrogens is 432 g/mol. The Hall–Kier alpha value is -4.18. The number of anilines is 4. The van der Waals surface area contributed by atoms with E-state index in [1.807, 2.05) is 44.3 Å². The maximum absolute atomic E-state index is 13.3. The molecule has 2 N–H and O–H groups in total. The predicted molar refractivity (Wildman–Crippen MR) is 121 cm³/mol. The number of nitrogens with one attached hydrogen (secondary N) is 2. The number of hydrogen-bond donors (Lipinski definition) is 2. The molecule has 0 saturated carbocycles. The molecule has 0 radical (unpaired) electrons. The highest BCUT2D eigenvalue weighted by molar-refractivity contribution is 6.30. The van der Waals surface area contributed by atoms with Crippen molar-refractivity contribution in [2.75, 3.05) is 10.6 Å². The second-order valence-electron chi connectivity index (χ2n) is 7.03. The van der Waals surface area contributed by atoms with Crippen LogP contribution in [0.2, 0.25) is 5.02 Å². The quantitative estimate of drug-likeness (QED) is 0.415. The fourth-order valence-corrected chi connectivity index (χ4v) is 3.44. The highest BCUT2D eigenvalue weighted by Crippen LogP contribution is 2.27. The molecule has 2 aromatic carbocycles. The molecule has 0 aliphatic carbocycles. The Balaban J connectivity index is 1.60. The van der Waals surface area contributed by atoms with E-state index in [9.17, 15) is 4.79 Å². The summed E-state index contributed by atoms with van der Waals surface area (Å²) in [5.74, 6) is 0.651. The minimum atomic E-state index is -0.228. The second-order valence-corrected chi connectivity index (χ2v) is 7.46. The number of aromatic nitrogens is 6. The third kappa shape index (κ3) is 3.46. The molecule has 0 unspecified atom stereocenters. The van der Waals surface area contributed by atoms with Crippen LogP contribution in [0.25, 0.3) is 17.0 Å². The normalized spacial score (nSPS) is 11.1. The molecular formula is C21H17ClN8O2. The second kappa shape index (κ2) is 7.82. The van der Waals surface area contributed by atoms with Crippen LogP contribution in [0.5, 0.6) is 0 Å². The molecule has 0 amide bonds. The zero-order chi connectivity index (χ0) is 22.2. The average molecular weight is 449 g/mol. The third-order valence-corrected chi connectivity index (χ3v) is 5.27. The highest BCUT2D eigenvalue weighted by atomic mass is 35.5. The molecule has 0 atom stereocenters. The van der Waals surface area contributed by atoms with Crippen molar-refractivity contribution in [2.45, 2.75) is 6.92 Å². The van der Waals surface area contributed by atoms with Gasteiger partial charge in [0.15, 0.2) is 11.6 Å². The molecule has 3 aromatic heterocycles. The monoisotopic (exact) mass is 448 g/mol. The summed E-state index contributed by atoms with van der Waals surface area (Å²) < 4.78 is 8.10. The Kier molecular flexibility index (Phi) is 4.83. The fraction of sp³-hybridized carbons (Fsp3) is 0.0952. The maximum Gasteiger partial charge on any atom is 0.295 e. The summed E-state index contributed by atoms with van der Waals surface area (Å²) in [5.41, 5.74) is 2.78. The van der Waals surface area contributed by atoms with Gasteiger partial charge in [0.2, 0.25) is 11.3 Å². The van der Waals surface area contributed by atoms with Crippen LogP contribution in [0.3, 0.4) is 0 Å². The third-order valence-electron chi connectivity index (χ3n) is 5.02. The van der Waals surface area contributed by atoms with E-state index in [0.717, 1.165) is 17.1 Å². The van der Waals surface area contributed by atoms with Crippen molar-refractivity contribution < 1.29 is 4.63 Å². The summed E-state index contributed by atoms with van der Waals surface area (Å²) >= 11 is 5.98. The van der Waals surface area contributed by atoms with Crippen LogP contribution >= 0.6 is 11.6 Å². The zero-order valence-electron chi connectivity index (χ0n) is 17.1. The minimum Gasteiger partial charge on any atom is -0.337 e. The van der Waals surface area contributed by atoms with Crippen LogP contribution < -0.4 is 16.2 Å². The summed E-state index contributed by atoms with van der Waals surface area (Å²) in [5, 5.41) is 14.4. The molecule has 0 aliphatic heterocycles. The number of benzene rings is 2. The van der Waals surface area contributed by atoms with E-state index >= 15 is 0 Å². The van der Waals surface area contributed by atoms with E-state index in [1.54, 1.807) is 33.6 Å². The minimum absolute atomic E-state index is 0.214. The molecule has 5 rings (SSSR count). The van der Waals surface area contributed by atoms with Gasteiger partial charge >= 0.3 is 0 Å². The van der Waals surface area contributed by atoms with Crippen molar-refractivity contribution in [1.82, 2.24) is 29.6 Å². The Bertz CT molecular complexity index is 1470. The Labute approximate surface area is 186 Å². The van der Waals surface area contributed by atoms with Crippen LogP contribution in [-0.4, -0.2) is 29.6 Å². The Morgan fingerprint density at radius 1 is 0.906 bits per heavy atom. The van der Waals surface area contributed by atoms with Gasteiger partial charge < -0.3 is 10.6 Å². The summed E-state index contributed by atoms with van der Waals surface area (Å²) in [7, 11) is 1.82. The number of halogens is 1. The number of hydrogen-bond acceptors (Lipinski definition) is 8. The van der Waals surface area contributed by atoms with E-state index in [2.05, 4.69) is 30.9 Å². The lowest BCUT2D eigenvalue weighted by molar-refractivity contribution is 0.314. The van der Waals surface area contributed by atoms with Gasteiger partial charge in [-0.1, -0.05) is 29.8 Å². The lowest BCUT2D eigenvalue weighted by Crippen LogP contribution is -2.20. The van der Waals surface area contributed by atoms with E-state index in [0.29, 0.717) is 22.3 Å². The molecule has 3 heterocycles. The lowest BCUT2D eigenvalue weighted by Gasteiger charge is -2.11. The first kappa shape index (κ1) is 19.8. The highest BCUT2D eigenvalue weighted by Gasteiger charge is 2.20. The summed E-state index contributed by atoms with van der Waals surface area (Å²) in [6.07, 6.45) is 0. The maximum atomic E-state index is 13.3. The Morgan fingerprint density at radius 3 is 2.19 bits per heavy atom. The topological polar surface area (TPSA) is 116 Å². The smallest absolute Gasteiger partial charge is 0.295 e. The first-order valence-corrected chi connectivity index (χ1v) is 10.0. The van der Waals surface area contributed by atoms with Crippen LogP contribution in [-0.2, 0) is 7.05 Å². The number of rotatable bonds is 5. The molecule has 5 aromatic rings. The average Bonchev–Trinajstić information content (AvgIpc) is 3.33. The van der Waals surface area contributed by atoms with Gasteiger partial charge in [0.05, 0.1) is 11.4 Å².